The predicted octanol–water partition coefficient (Wildman–Crippen LogP) is 3.11. The number of methoxy groups -OCH3 is 2. The van der Waals surface area contributed by atoms with Crippen LogP contribution in [0, 0.1) is 6.92 Å². The molecule has 0 amide bonds. The van der Waals surface area contributed by atoms with E-state index in [2.05, 4.69) is 32.2 Å². The van der Waals surface area contributed by atoms with E-state index in [9.17, 15) is 0 Å². The van der Waals surface area contributed by atoms with Gasteiger partial charge in [-0.2, -0.15) is 0 Å². The average molecular weight is 251 g/mol. The molecule has 1 rings (SSSR count). The molecule has 18 heavy (non-hydrogen) atoms. The highest BCUT2D eigenvalue weighted by Gasteiger charge is 2.28. The number of rotatable bonds is 5. The Kier molecular flexibility index (Phi) is 4.63. The average Bonchev–Trinajstić information content (AvgIpc) is 2.37. The summed E-state index contributed by atoms with van der Waals surface area (Å²) in [5.74, 6) is 2.14. The van der Waals surface area contributed by atoms with E-state index < -0.39 is 0 Å². The van der Waals surface area contributed by atoms with E-state index in [1.54, 1.807) is 14.2 Å². The molecule has 0 saturated heterocycles. The summed E-state index contributed by atoms with van der Waals surface area (Å²) in [4.78, 5) is 0. The SMILES string of the molecule is CNC(C)(C)C(C)c1cc(OC)c(C)cc1OC. The third-order valence-corrected chi connectivity index (χ3v) is 3.94. The number of nitrogens with one attached hydrogen (secondary N) is 1. The molecule has 0 spiro atoms. The molecule has 3 nitrogen and oxygen atoms in total. The van der Waals surface area contributed by atoms with E-state index in [4.69, 9.17) is 9.47 Å². The first-order valence-electron chi connectivity index (χ1n) is 6.28. The van der Waals surface area contributed by atoms with Crippen LogP contribution in [0.3, 0.4) is 0 Å². The Hall–Kier alpha value is -1.22. The summed E-state index contributed by atoms with van der Waals surface area (Å²) in [6.07, 6.45) is 0. The number of aryl methyl sites for hydroxylation is 1. The number of hydrogen-bond donors (Lipinski definition) is 1. The molecular weight excluding hydrogens is 226 g/mol. The quantitative estimate of drug-likeness (QED) is 0.872. The van der Waals surface area contributed by atoms with E-state index in [0.29, 0.717) is 5.92 Å². The number of likely N-dealkylation sites (N-methyl/N-ethyl adjacent to an activating group) is 1. The number of ether oxygens (including phenoxy) is 2. The van der Waals surface area contributed by atoms with Crippen molar-refractivity contribution >= 4 is 0 Å². The monoisotopic (exact) mass is 251 g/mol. The van der Waals surface area contributed by atoms with Crippen molar-refractivity contribution in [1.82, 2.24) is 5.32 Å². The maximum absolute atomic E-state index is 5.50. The van der Waals surface area contributed by atoms with Crippen molar-refractivity contribution in [1.29, 1.82) is 0 Å². The van der Waals surface area contributed by atoms with Crippen LogP contribution < -0.4 is 14.8 Å². The molecule has 1 N–H and O–H groups in total. The second kappa shape index (κ2) is 5.61. The van der Waals surface area contributed by atoms with E-state index in [-0.39, 0.29) is 5.54 Å². The molecule has 3 heteroatoms. The third kappa shape index (κ3) is 2.78. The van der Waals surface area contributed by atoms with E-state index >= 15 is 0 Å². The van der Waals surface area contributed by atoms with Gasteiger partial charge in [0.15, 0.2) is 0 Å². The smallest absolute Gasteiger partial charge is 0.122 e. The lowest BCUT2D eigenvalue weighted by Crippen LogP contribution is -2.41. The van der Waals surface area contributed by atoms with Crippen LogP contribution in [0.5, 0.6) is 11.5 Å². The lowest BCUT2D eigenvalue weighted by Gasteiger charge is -2.33. The van der Waals surface area contributed by atoms with Crippen molar-refractivity contribution in [3.05, 3.63) is 23.3 Å². The van der Waals surface area contributed by atoms with Gasteiger partial charge < -0.3 is 14.8 Å². The minimum absolute atomic E-state index is 0.00640. The molecule has 0 fully saturated rings. The van der Waals surface area contributed by atoms with Crippen molar-refractivity contribution in [2.24, 2.45) is 0 Å². The van der Waals surface area contributed by atoms with Gasteiger partial charge >= 0.3 is 0 Å². The van der Waals surface area contributed by atoms with Gasteiger partial charge in [0, 0.05) is 17.0 Å². The van der Waals surface area contributed by atoms with Crippen LogP contribution in [0.4, 0.5) is 0 Å². The molecule has 102 valence electrons. The first kappa shape index (κ1) is 14.8. The lowest BCUT2D eigenvalue weighted by atomic mass is 9.82. The Morgan fingerprint density at radius 3 is 2.11 bits per heavy atom. The largest absolute Gasteiger partial charge is 0.496 e. The first-order valence-corrected chi connectivity index (χ1v) is 6.28. The van der Waals surface area contributed by atoms with Crippen molar-refractivity contribution < 1.29 is 9.47 Å². The van der Waals surface area contributed by atoms with Gasteiger partial charge in [-0.3, -0.25) is 0 Å². The van der Waals surface area contributed by atoms with Crippen molar-refractivity contribution in [3.8, 4) is 11.5 Å². The van der Waals surface area contributed by atoms with Crippen LogP contribution in [0.25, 0.3) is 0 Å². The normalized spacial score (nSPS) is 13.3. The minimum Gasteiger partial charge on any atom is -0.496 e. The van der Waals surface area contributed by atoms with Gasteiger partial charge in [0.1, 0.15) is 11.5 Å². The van der Waals surface area contributed by atoms with Crippen LogP contribution in [0.1, 0.15) is 37.8 Å². The topological polar surface area (TPSA) is 30.5 Å². The number of benzene rings is 1. The Labute approximate surface area is 110 Å². The fourth-order valence-corrected chi connectivity index (χ4v) is 2.02. The maximum atomic E-state index is 5.50. The molecule has 0 aromatic heterocycles. The number of hydrogen-bond acceptors (Lipinski definition) is 3. The zero-order chi connectivity index (χ0) is 13.9. The third-order valence-electron chi connectivity index (χ3n) is 3.94. The van der Waals surface area contributed by atoms with Crippen molar-refractivity contribution in [2.75, 3.05) is 21.3 Å². The van der Waals surface area contributed by atoms with Crippen molar-refractivity contribution in [3.63, 3.8) is 0 Å². The van der Waals surface area contributed by atoms with Crippen LogP contribution in [-0.4, -0.2) is 26.8 Å². The van der Waals surface area contributed by atoms with E-state index in [1.807, 2.05) is 20.0 Å². The summed E-state index contributed by atoms with van der Waals surface area (Å²) in [6.45, 7) is 8.59. The molecular formula is C15H25NO2. The van der Waals surface area contributed by atoms with Gasteiger partial charge in [0.05, 0.1) is 14.2 Å². The first-order chi connectivity index (χ1) is 8.37. The summed E-state index contributed by atoms with van der Waals surface area (Å²) < 4.78 is 10.9. The van der Waals surface area contributed by atoms with E-state index in [1.165, 1.54) is 5.56 Å². The lowest BCUT2D eigenvalue weighted by molar-refractivity contribution is 0.340. The Morgan fingerprint density at radius 2 is 1.67 bits per heavy atom. The molecule has 0 aliphatic heterocycles. The standard InChI is InChI=1S/C15H25NO2/c1-10-8-14(18-7)12(9-13(10)17-6)11(2)15(3,4)16-5/h8-9,11,16H,1-7H3. The van der Waals surface area contributed by atoms with E-state index in [0.717, 1.165) is 17.1 Å². The zero-order valence-electron chi connectivity index (χ0n) is 12.5. The molecule has 0 saturated carbocycles. The summed E-state index contributed by atoms with van der Waals surface area (Å²) in [6, 6.07) is 4.12. The summed E-state index contributed by atoms with van der Waals surface area (Å²) in [5, 5.41) is 3.35. The van der Waals surface area contributed by atoms with Crippen LogP contribution in [-0.2, 0) is 0 Å². The fraction of sp³-hybridized carbons (Fsp3) is 0.600. The van der Waals surface area contributed by atoms with Gasteiger partial charge in [-0.15, -0.1) is 0 Å². The molecule has 0 aliphatic carbocycles. The Bertz CT molecular complexity index is 413. The van der Waals surface area contributed by atoms with Gasteiger partial charge in [-0.05, 0) is 45.5 Å². The molecule has 0 heterocycles. The van der Waals surface area contributed by atoms with Gasteiger partial charge in [-0.25, -0.2) is 0 Å². The molecule has 1 aromatic carbocycles. The summed E-state index contributed by atoms with van der Waals surface area (Å²) >= 11 is 0. The summed E-state index contributed by atoms with van der Waals surface area (Å²) in [5.41, 5.74) is 2.25. The highest BCUT2D eigenvalue weighted by molar-refractivity contribution is 5.48. The molecule has 0 aliphatic rings. The van der Waals surface area contributed by atoms with Gasteiger partial charge in [-0.1, -0.05) is 6.92 Å². The summed E-state index contributed by atoms with van der Waals surface area (Å²) in [7, 11) is 5.39. The molecule has 0 bridgehead atoms. The molecule has 1 atom stereocenters. The highest BCUT2D eigenvalue weighted by atomic mass is 16.5. The van der Waals surface area contributed by atoms with Crippen LogP contribution in [0.15, 0.2) is 12.1 Å². The zero-order valence-corrected chi connectivity index (χ0v) is 12.5. The highest BCUT2D eigenvalue weighted by Crippen LogP contribution is 2.37. The van der Waals surface area contributed by atoms with Crippen molar-refractivity contribution in [2.45, 2.75) is 39.2 Å². The molecule has 1 aromatic rings. The maximum Gasteiger partial charge on any atom is 0.122 e. The molecule has 0 radical (unpaired) electrons. The Balaban J connectivity index is 3.29. The second-order valence-electron chi connectivity index (χ2n) is 5.26. The molecule has 1 unspecified atom stereocenters. The second-order valence-corrected chi connectivity index (χ2v) is 5.26. The minimum atomic E-state index is -0.00640. The fourth-order valence-electron chi connectivity index (χ4n) is 2.02. The Morgan fingerprint density at radius 1 is 1.11 bits per heavy atom. The van der Waals surface area contributed by atoms with Crippen LogP contribution in [0.2, 0.25) is 0 Å². The van der Waals surface area contributed by atoms with Crippen LogP contribution >= 0.6 is 0 Å². The van der Waals surface area contributed by atoms with Gasteiger partial charge in [0.25, 0.3) is 0 Å². The van der Waals surface area contributed by atoms with Gasteiger partial charge in [0.2, 0.25) is 0 Å². The predicted molar refractivity (Wildman–Crippen MR) is 75.8 cm³/mol.